The lowest BCUT2D eigenvalue weighted by atomic mass is 9.88. The van der Waals surface area contributed by atoms with Crippen LogP contribution in [-0.2, 0) is 19.1 Å². The number of aliphatic carboxylic acids is 1. The Bertz CT molecular complexity index is 369. The first-order valence-electron chi connectivity index (χ1n) is 7.17. The molecule has 1 N–H and O–H groups in total. The number of rotatable bonds is 6. The van der Waals surface area contributed by atoms with Crippen molar-refractivity contribution in [2.24, 2.45) is 5.92 Å². The minimum absolute atomic E-state index is 0.00667. The second kappa shape index (κ2) is 7.87. The van der Waals surface area contributed by atoms with Gasteiger partial charge in [0.25, 0.3) is 0 Å². The quantitative estimate of drug-likeness (QED) is 0.746. The van der Waals surface area contributed by atoms with Crippen molar-refractivity contribution in [3.8, 4) is 0 Å². The van der Waals surface area contributed by atoms with Crippen LogP contribution >= 0.6 is 0 Å². The van der Waals surface area contributed by atoms with Gasteiger partial charge in [-0.1, -0.05) is 13.3 Å². The normalized spacial score (nSPS) is 22.4. The number of carboxylic acid groups (broad SMARTS) is 1. The highest BCUT2D eigenvalue weighted by molar-refractivity contribution is 5.86. The fraction of sp³-hybridized carbons (Fsp3) is 0.786. The topological polar surface area (TPSA) is 83.9 Å². The van der Waals surface area contributed by atoms with Crippen molar-refractivity contribution in [2.45, 2.75) is 52.0 Å². The lowest BCUT2D eigenvalue weighted by Gasteiger charge is -2.37. The first kappa shape index (κ1) is 16.5. The van der Waals surface area contributed by atoms with E-state index in [9.17, 15) is 19.5 Å². The van der Waals surface area contributed by atoms with Gasteiger partial charge in [0, 0.05) is 13.0 Å². The molecular formula is C14H23NO5. The third kappa shape index (κ3) is 4.51. The second-order valence-corrected chi connectivity index (χ2v) is 5.04. The highest BCUT2D eigenvalue weighted by Crippen LogP contribution is 2.26. The van der Waals surface area contributed by atoms with Crippen LogP contribution < -0.4 is 0 Å². The Hall–Kier alpha value is -1.59. The summed E-state index contributed by atoms with van der Waals surface area (Å²) in [4.78, 5) is 36.0. The molecule has 1 aliphatic rings. The van der Waals surface area contributed by atoms with E-state index in [0.717, 1.165) is 12.8 Å². The number of carbonyl (C=O) groups is 3. The van der Waals surface area contributed by atoms with Crippen molar-refractivity contribution in [3.05, 3.63) is 0 Å². The Balaban J connectivity index is 2.56. The number of carbonyl (C=O) groups excluding carboxylic acids is 2. The maximum absolute atomic E-state index is 12.1. The summed E-state index contributed by atoms with van der Waals surface area (Å²) in [6, 6.07) is -0.761. The largest absolute Gasteiger partial charge is 0.480 e. The average Bonchev–Trinajstić information content (AvgIpc) is 2.44. The summed E-state index contributed by atoms with van der Waals surface area (Å²) in [6.07, 6.45) is 2.27. The number of piperidine rings is 1. The van der Waals surface area contributed by atoms with E-state index in [4.69, 9.17) is 4.74 Å². The summed E-state index contributed by atoms with van der Waals surface area (Å²) in [5, 5.41) is 9.25. The summed E-state index contributed by atoms with van der Waals surface area (Å²) < 4.78 is 4.76. The third-order valence-corrected chi connectivity index (χ3v) is 3.74. The van der Waals surface area contributed by atoms with Crippen molar-refractivity contribution < 1.29 is 24.2 Å². The van der Waals surface area contributed by atoms with Gasteiger partial charge in [0.05, 0.1) is 13.0 Å². The van der Waals surface area contributed by atoms with E-state index < -0.39 is 18.0 Å². The molecule has 0 saturated carbocycles. The average molecular weight is 285 g/mol. The van der Waals surface area contributed by atoms with Gasteiger partial charge in [-0.3, -0.25) is 9.59 Å². The predicted molar refractivity (Wildman–Crippen MR) is 72.0 cm³/mol. The Morgan fingerprint density at radius 2 is 1.95 bits per heavy atom. The zero-order chi connectivity index (χ0) is 15.1. The van der Waals surface area contributed by atoms with Gasteiger partial charge in [-0.2, -0.15) is 0 Å². The summed E-state index contributed by atoms with van der Waals surface area (Å²) in [6.45, 7) is 4.47. The van der Waals surface area contributed by atoms with Crippen LogP contribution in [0.15, 0.2) is 0 Å². The minimum atomic E-state index is -0.965. The maximum Gasteiger partial charge on any atom is 0.326 e. The fourth-order valence-electron chi connectivity index (χ4n) is 2.53. The molecule has 1 aliphatic heterocycles. The molecule has 20 heavy (non-hydrogen) atoms. The number of amides is 1. The smallest absolute Gasteiger partial charge is 0.326 e. The molecule has 0 spiro atoms. The highest BCUT2D eigenvalue weighted by Gasteiger charge is 2.35. The molecule has 0 aromatic rings. The van der Waals surface area contributed by atoms with Crippen LogP contribution in [0.1, 0.15) is 46.0 Å². The van der Waals surface area contributed by atoms with E-state index in [0.29, 0.717) is 18.9 Å². The summed E-state index contributed by atoms with van der Waals surface area (Å²) in [5.74, 6) is -1.31. The van der Waals surface area contributed by atoms with E-state index in [2.05, 4.69) is 0 Å². The third-order valence-electron chi connectivity index (χ3n) is 3.74. The fourth-order valence-corrected chi connectivity index (χ4v) is 2.53. The monoisotopic (exact) mass is 285 g/mol. The number of carboxylic acids is 1. The van der Waals surface area contributed by atoms with E-state index in [-0.39, 0.29) is 25.4 Å². The molecule has 2 unspecified atom stereocenters. The molecule has 6 nitrogen and oxygen atoms in total. The number of hydrogen-bond acceptors (Lipinski definition) is 4. The van der Waals surface area contributed by atoms with Crippen LogP contribution in [0.5, 0.6) is 0 Å². The standard InChI is InChI=1S/C14H23NO5/c1-3-10-7-8-15(11(9-10)14(18)19)12(16)5-6-13(17)20-4-2/h10-11H,3-9H2,1-2H3,(H,18,19). The highest BCUT2D eigenvalue weighted by atomic mass is 16.5. The minimum Gasteiger partial charge on any atom is -0.480 e. The van der Waals surface area contributed by atoms with Gasteiger partial charge in [-0.05, 0) is 25.7 Å². The number of ether oxygens (including phenoxy) is 1. The van der Waals surface area contributed by atoms with Gasteiger partial charge in [0.15, 0.2) is 0 Å². The first-order valence-corrected chi connectivity index (χ1v) is 7.17. The molecule has 6 heteroatoms. The van der Waals surface area contributed by atoms with E-state index in [1.165, 1.54) is 4.90 Å². The zero-order valence-corrected chi connectivity index (χ0v) is 12.1. The van der Waals surface area contributed by atoms with Crippen LogP contribution in [0.25, 0.3) is 0 Å². The van der Waals surface area contributed by atoms with Crippen LogP contribution in [0, 0.1) is 5.92 Å². The number of nitrogens with zero attached hydrogens (tertiary/aromatic N) is 1. The number of hydrogen-bond donors (Lipinski definition) is 1. The van der Waals surface area contributed by atoms with Crippen LogP contribution in [0.2, 0.25) is 0 Å². The first-order chi connectivity index (χ1) is 9.49. The molecule has 0 aliphatic carbocycles. The molecule has 0 aromatic heterocycles. The van der Waals surface area contributed by atoms with E-state index in [1.54, 1.807) is 6.92 Å². The molecule has 1 fully saturated rings. The molecule has 1 amide bonds. The Labute approximate surface area is 119 Å². The summed E-state index contributed by atoms with van der Waals surface area (Å²) >= 11 is 0. The van der Waals surface area contributed by atoms with Crippen molar-refractivity contribution in [1.29, 1.82) is 0 Å². The van der Waals surface area contributed by atoms with Gasteiger partial charge in [-0.15, -0.1) is 0 Å². The predicted octanol–water partition coefficient (Wildman–Crippen LogP) is 1.43. The number of likely N-dealkylation sites (tertiary alicyclic amines) is 1. The van der Waals surface area contributed by atoms with Crippen molar-refractivity contribution in [3.63, 3.8) is 0 Å². The molecule has 0 radical (unpaired) electrons. The molecule has 0 bridgehead atoms. The summed E-state index contributed by atoms with van der Waals surface area (Å²) in [7, 11) is 0. The molecule has 0 aromatic carbocycles. The molecule has 2 atom stereocenters. The van der Waals surface area contributed by atoms with Crippen molar-refractivity contribution in [2.75, 3.05) is 13.2 Å². The Morgan fingerprint density at radius 1 is 1.25 bits per heavy atom. The van der Waals surface area contributed by atoms with Gasteiger partial charge in [-0.25, -0.2) is 4.79 Å². The van der Waals surface area contributed by atoms with Crippen molar-refractivity contribution >= 4 is 17.8 Å². The second-order valence-electron chi connectivity index (χ2n) is 5.04. The zero-order valence-electron chi connectivity index (χ0n) is 12.1. The van der Waals surface area contributed by atoms with Gasteiger partial charge >= 0.3 is 11.9 Å². The Morgan fingerprint density at radius 3 is 2.50 bits per heavy atom. The lowest BCUT2D eigenvalue weighted by molar-refractivity contribution is -0.154. The van der Waals surface area contributed by atoms with E-state index >= 15 is 0 Å². The summed E-state index contributed by atoms with van der Waals surface area (Å²) in [5.41, 5.74) is 0. The maximum atomic E-state index is 12.1. The molecule has 1 rings (SSSR count). The lowest BCUT2D eigenvalue weighted by Crippen LogP contribution is -2.50. The number of esters is 1. The molecule has 1 heterocycles. The van der Waals surface area contributed by atoms with Crippen LogP contribution in [0.4, 0.5) is 0 Å². The van der Waals surface area contributed by atoms with Crippen LogP contribution in [-0.4, -0.2) is 47.0 Å². The van der Waals surface area contributed by atoms with Gasteiger partial charge in [0.1, 0.15) is 6.04 Å². The Kier molecular flexibility index (Phi) is 6.48. The van der Waals surface area contributed by atoms with Gasteiger partial charge < -0.3 is 14.7 Å². The van der Waals surface area contributed by atoms with Gasteiger partial charge in [0.2, 0.25) is 5.91 Å². The molecule has 114 valence electrons. The van der Waals surface area contributed by atoms with E-state index in [1.807, 2.05) is 6.92 Å². The molecule has 1 saturated heterocycles. The van der Waals surface area contributed by atoms with Crippen LogP contribution in [0.3, 0.4) is 0 Å². The molecular weight excluding hydrogens is 262 g/mol. The van der Waals surface area contributed by atoms with Crippen molar-refractivity contribution in [1.82, 2.24) is 4.90 Å². The SMILES string of the molecule is CCOC(=O)CCC(=O)N1CCC(CC)CC1C(=O)O.